The molecule has 3 nitrogen and oxygen atoms in total. The molecule has 0 fully saturated rings. The number of hydrogen-bond acceptors (Lipinski definition) is 2. The first kappa shape index (κ1) is 11.0. The minimum absolute atomic E-state index is 0.449. The topological polar surface area (TPSA) is 42.0 Å². The summed E-state index contributed by atoms with van der Waals surface area (Å²) in [6.45, 7) is 3.28. The minimum Gasteiger partial charge on any atom is -0.328 e. The first-order valence-electron chi connectivity index (χ1n) is 5.51. The summed E-state index contributed by atoms with van der Waals surface area (Å²) in [6, 6.07) is 0. The van der Waals surface area contributed by atoms with Crippen LogP contribution in [0.3, 0.4) is 0 Å². The Morgan fingerprint density at radius 2 is 2.25 bits per heavy atom. The van der Waals surface area contributed by atoms with Crippen LogP contribution in [-0.4, -0.2) is 11.4 Å². The van der Waals surface area contributed by atoms with Crippen LogP contribution in [0.1, 0.15) is 42.0 Å². The van der Waals surface area contributed by atoms with Crippen LogP contribution < -0.4 is 5.32 Å². The highest BCUT2D eigenvalue weighted by Crippen LogP contribution is 2.34. The Labute approximate surface area is 94.1 Å². The molecule has 0 saturated carbocycles. The van der Waals surface area contributed by atoms with Gasteiger partial charge in [-0.3, -0.25) is 9.78 Å². The van der Waals surface area contributed by atoms with Crippen LogP contribution in [0.4, 0.5) is 10.1 Å². The molecule has 0 spiro atoms. The number of carbonyl (C=O) groups is 1. The predicted octanol–water partition coefficient (Wildman–Crippen LogP) is 2.48. The SMILES string of the molecule is Cc1c(C(C)F)nc2c(c1NC=O)CCC2. The largest absolute Gasteiger partial charge is 0.328 e. The van der Waals surface area contributed by atoms with E-state index in [2.05, 4.69) is 10.3 Å². The van der Waals surface area contributed by atoms with Gasteiger partial charge in [0.15, 0.2) is 0 Å². The van der Waals surface area contributed by atoms with Crippen molar-refractivity contribution < 1.29 is 9.18 Å². The van der Waals surface area contributed by atoms with Crippen molar-refractivity contribution in [3.8, 4) is 0 Å². The Morgan fingerprint density at radius 1 is 1.50 bits per heavy atom. The van der Waals surface area contributed by atoms with Crippen LogP contribution in [0.2, 0.25) is 0 Å². The number of carbonyl (C=O) groups excluding carboxylic acids is 1. The molecule has 0 saturated heterocycles. The number of hydrogen-bond donors (Lipinski definition) is 1. The van der Waals surface area contributed by atoms with Gasteiger partial charge in [0.25, 0.3) is 0 Å². The fourth-order valence-electron chi connectivity index (χ4n) is 2.35. The summed E-state index contributed by atoms with van der Waals surface area (Å²) in [6.07, 6.45) is 2.37. The van der Waals surface area contributed by atoms with E-state index in [0.717, 1.165) is 41.8 Å². The molecular formula is C12H15FN2O. The molecule has 4 heteroatoms. The Morgan fingerprint density at radius 3 is 2.88 bits per heavy atom. The number of aromatic nitrogens is 1. The summed E-state index contributed by atoms with van der Waals surface area (Å²) in [4.78, 5) is 14.9. The molecular weight excluding hydrogens is 207 g/mol. The van der Waals surface area contributed by atoms with E-state index < -0.39 is 6.17 Å². The highest BCUT2D eigenvalue weighted by Gasteiger charge is 2.22. The van der Waals surface area contributed by atoms with Gasteiger partial charge in [0.1, 0.15) is 6.17 Å². The number of pyridine rings is 1. The average molecular weight is 222 g/mol. The molecule has 0 bridgehead atoms. The van der Waals surface area contributed by atoms with Crippen LogP contribution in [0, 0.1) is 6.92 Å². The van der Waals surface area contributed by atoms with Crippen LogP contribution in [0.5, 0.6) is 0 Å². The fourth-order valence-corrected chi connectivity index (χ4v) is 2.35. The second-order valence-electron chi connectivity index (χ2n) is 4.15. The van der Waals surface area contributed by atoms with Gasteiger partial charge in [-0.05, 0) is 44.2 Å². The van der Waals surface area contributed by atoms with Crippen molar-refractivity contribution in [3.63, 3.8) is 0 Å². The molecule has 2 rings (SSSR count). The summed E-state index contributed by atoms with van der Waals surface area (Å²) in [5.74, 6) is 0. The van der Waals surface area contributed by atoms with Crippen LogP contribution >= 0.6 is 0 Å². The van der Waals surface area contributed by atoms with Crippen molar-refractivity contribution in [1.82, 2.24) is 4.98 Å². The lowest BCUT2D eigenvalue weighted by Gasteiger charge is -2.15. The van der Waals surface area contributed by atoms with Crippen molar-refractivity contribution in [2.45, 2.75) is 39.3 Å². The molecule has 1 aromatic heterocycles. The van der Waals surface area contributed by atoms with Crippen molar-refractivity contribution in [2.75, 3.05) is 5.32 Å². The van der Waals surface area contributed by atoms with E-state index in [1.54, 1.807) is 0 Å². The highest BCUT2D eigenvalue weighted by atomic mass is 19.1. The molecule has 1 amide bonds. The Hall–Kier alpha value is -1.45. The van der Waals surface area contributed by atoms with Gasteiger partial charge in [-0.1, -0.05) is 0 Å². The summed E-state index contributed by atoms with van der Waals surface area (Å²) in [7, 11) is 0. The molecule has 1 atom stereocenters. The number of halogens is 1. The zero-order chi connectivity index (χ0) is 11.7. The van der Waals surface area contributed by atoms with E-state index >= 15 is 0 Å². The number of fused-ring (bicyclic) bond motifs is 1. The molecule has 0 aromatic carbocycles. The van der Waals surface area contributed by atoms with Crippen molar-refractivity contribution in [2.24, 2.45) is 0 Å². The Balaban J connectivity index is 2.60. The van der Waals surface area contributed by atoms with Gasteiger partial charge < -0.3 is 5.32 Å². The lowest BCUT2D eigenvalue weighted by atomic mass is 10.0. The van der Waals surface area contributed by atoms with Gasteiger partial charge in [-0.25, -0.2) is 4.39 Å². The van der Waals surface area contributed by atoms with Gasteiger partial charge in [0.2, 0.25) is 6.41 Å². The first-order chi connectivity index (χ1) is 7.65. The van der Waals surface area contributed by atoms with Gasteiger partial charge in [-0.2, -0.15) is 0 Å². The number of nitrogens with zero attached hydrogens (tertiary/aromatic N) is 1. The predicted molar refractivity (Wildman–Crippen MR) is 60.2 cm³/mol. The highest BCUT2D eigenvalue weighted by molar-refractivity contribution is 5.77. The molecule has 0 aliphatic heterocycles. The standard InChI is InChI=1S/C12H15FN2O/c1-7-11(8(2)13)15-10-5-3-4-9(10)12(7)14-6-16/h6,8H,3-5H2,1-2H3,(H,14,15,16). The molecule has 1 heterocycles. The van der Waals surface area contributed by atoms with Crippen molar-refractivity contribution >= 4 is 12.1 Å². The second-order valence-corrected chi connectivity index (χ2v) is 4.15. The molecule has 1 N–H and O–H groups in total. The van der Waals surface area contributed by atoms with Gasteiger partial charge in [0.05, 0.1) is 11.4 Å². The zero-order valence-corrected chi connectivity index (χ0v) is 9.51. The summed E-state index contributed by atoms with van der Waals surface area (Å²) < 4.78 is 13.4. The third kappa shape index (κ3) is 1.68. The van der Waals surface area contributed by atoms with Crippen LogP contribution in [-0.2, 0) is 17.6 Å². The van der Waals surface area contributed by atoms with E-state index in [9.17, 15) is 9.18 Å². The van der Waals surface area contributed by atoms with Crippen LogP contribution in [0.15, 0.2) is 0 Å². The van der Waals surface area contributed by atoms with Crippen molar-refractivity contribution in [3.05, 3.63) is 22.5 Å². The zero-order valence-electron chi connectivity index (χ0n) is 9.51. The summed E-state index contributed by atoms with van der Waals surface area (Å²) in [5.41, 5.74) is 3.98. The quantitative estimate of drug-likeness (QED) is 0.798. The van der Waals surface area contributed by atoms with Gasteiger partial charge in [-0.15, -0.1) is 0 Å². The van der Waals surface area contributed by atoms with E-state index in [1.807, 2.05) is 6.92 Å². The van der Waals surface area contributed by atoms with E-state index in [4.69, 9.17) is 0 Å². The molecule has 16 heavy (non-hydrogen) atoms. The smallest absolute Gasteiger partial charge is 0.211 e. The minimum atomic E-state index is -1.10. The maximum atomic E-state index is 13.4. The lowest BCUT2D eigenvalue weighted by Crippen LogP contribution is -2.08. The van der Waals surface area contributed by atoms with Gasteiger partial charge in [0, 0.05) is 5.69 Å². The maximum Gasteiger partial charge on any atom is 0.211 e. The summed E-state index contributed by atoms with van der Waals surface area (Å²) >= 11 is 0. The van der Waals surface area contributed by atoms with Gasteiger partial charge >= 0.3 is 0 Å². The second kappa shape index (κ2) is 4.20. The molecule has 1 aromatic rings. The molecule has 1 aliphatic carbocycles. The Kier molecular flexibility index (Phi) is 2.90. The number of alkyl halides is 1. The number of nitrogens with one attached hydrogen (secondary N) is 1. The number of aryl methyl sites for hydroxylation is 1. The third-order valence-corrected chi connectivity index (χ3v) is 3.09. The fraction of sp³-hybridized carbons (Fsp3) is 0.500. The van der Waals surface area contributed by atoms with E-state index in [-0.39, 0.29) is 0 Å². The number of anilines is 1. The third-order valence-electron chi connectivity index (χ3n) is 3.09. The monoisotopic (exact) mass is 222 g/mol. The molecule has 86 valence electrons. The average Bonchev–Trinajstić information content (AvgIpc) is 2.69. The summed E-state index contributed by atoms with van der Waals surface area (Å²) in [5, 5.41) is 2.68. The van der Waals surface area contributed by atoms with E-state index in [1.165, 1.54) is 6.92 Å². The first-order valence-corrected chi connectivity index (χ1v) is 5.51. The Bertz CT molecular complexity index is 430. The van der Waals surface area contributed by atoms with E-state index in [0.29, 0.717) is 12.1 Å². The van der Waals surface area contributed by atoms with Crippen LogP contribution in [0.25, 0.3) is 0 Å². The molecule has 1 unspecified atom stereocenters. The molecule has 1 aliphatic rings. The molecule has 0 radical (unpaired) electrons. The van der Waals surface area contributed by atoms with Crippen molar-refractivity contribution in [1.29, 1.82) is 0 Å². The maximum absolute atomic E-state index is 13.4. The number of amides is 1. The normalized spacial score (nSPS) is 15.7. The number of rotatable bonds is 3. The lowest BCUT2D eigenvalue weighted by molar-refractivity contribution is -0.105.